The van der Waals surface area contributed by atoms with Crippen LogP contribution in [0.2, 0.25) is 0 Å². The summed E-state index contributed by atoms with van der Waals surface area (Å²) in [6.07, 6.45) is 0. The van der Waals surface area contributed by atoms with E-state index < -0.39 is 0 Å². The van der Waals surface area contributed by atoms with E-state index >= 15 is 0 Å². The zero-order valence-corrected chi connectivity index (χ0v) is 27.7. The van der Waals surface area contributed by atoms with Crippen LogP contribution in [-0.2, 0) is 0 Å². The van der Waals surface area contributed by atoms with Crippen molar-refractivity contribution in [1.29, 1.82) is 0 Å². The second-order valence-corrected chi connectivity index (χ2v) is 13.2. The fourth-order valence-electron chi connectivity index (χ4n) is 7.64. The molecule has 0 bridgehead atoms. The number of hydrogen-bond donors (Lipinski definition) is 0. The van der Waals surface area contributed by atoms with E-state index in [0.717, 1.165) is 77.1 Å². The minimum atomic E-state index is 0.590. The van der Waals surface area contributed by atoms with Gasteiger partial charge in [-0.25, -0.2) is 15.0 Å². The van der Waals surface area contributed by atoms with E-state index in [0.29, 0.717) is 17.5 Å². The lowest BCUT2D eigenvalue weighted by Crippen LogP contribution is -2.00. The number of furan rings is 2. The molecule has 8 aromatic carbocycles. The van der Waals surface area contributed by atoms with Gasteiger partial charge in [-0.2, -0.15) is 0 Å². The average molecular weight is 666 g/mol. The van der Waals surface area contributed by atoms with Crippen LogP contribution >= 0.6 is 0 Å². The summed E-state index contributed by atoms with van der Waals surface area (Å²) >= 11 is 0. The lowest BCUT2D eigenvalue weighted by atomic mass is 9.99. The first-order chi connectivity index (χ1) is 25.7. The molecule has 11 aromatic rings. The summed E-state index contributed by atoms with van der Waals surface area (Å²) in [6.45, 7) is 0. The van der Waals surface area contributed by atoms with Crippen LogP contribution in [0, 0.1) is 0 Å². The number of para-hydroxylation sites is 2. The van der Waals surface area contributed by atoms with E-state index in [2.05, 4.69) is 97.1 Å². The van der Waals surface area contributed by atoms with E-state index in [1.54, 1.807) is 0 Å². The van der Waals surface area contributed by atoms with Gasteiger partial charge in [-0.15, -0.1) is 0 Å². The molecule has 0 atom stereocenters. The van der Waals surface area contributed by atoms with Crippen LogP contribution in [0.25, 0.3) is 111 Å². The third-order valence-electron chi connectivity index (χ3n) is 10.1. The average Bonchev–Trinajstić information content (AvgIpc) is 3.79. The van der Waals surface area contributed by atoms with Crippen LogP contribution in [-0.4, -0.2) is 15.0 Å². The van der Waals surface area contributed by atoms with Crippen molar-refractivity contribution >= 4 is 65.4 Å². The van der Waals surface area contributed by atoms with Crippen LogP contribution in [0.4, 0.5) is 0 Å². The highest BCUT2D eigenvalue weighted by atomic mass is 16.3. The Bertz CT molecular complexity index is 3190. The largest absolute Gasteiger partial charge is 0.456 e. The number of aromatic nitrogens is 3. The molecular formula is C47H27N3O2. The van der Waals surface area contributed by atoms with Gasteiger partial charge in [-0.05, 0) is 57.4 Å². The molecule has 0 fully saturated rings. The molecule has 11 rings (SSSR count). The molecule has 5 heteroatoms. The highest BCUT2D eigenvalue weighted by Crippen LogP contribution is 2.42. The maximum Gasteiger partial charge on any atom is 0.164 e. The molecule has 242 valence electrons. The van der Waals surface area contributed by atoms with Crippen molar-refractivity contribution in [1.82, 2.24) is 15.0 Å². The first-order valence-corrected chi connectivity index (χ1v) is 17.3. The number of benzene rings is 8. The Labute approximate surface area is 297 Å². The van der Waals surface area contributed by atoms with Gasteiger partial charge in [-0.3, -0.25) is 0 Å². The summed E-state index contributed by atoms with van der Waals surface area (Å²) in [5.41, 5.74) is 8.14. The normalized spacial score (nSPS) is 11.8. The quantitative estimate of drug-likeness (QED) is 0.175. The van der Waals surface area contributed by atoms with Crippen molar-refractivity contribution in [3.05, 3.63) is 164 Å². The van der Waals surface area contributed by atoms with Crippen molar-refractivity contribution < 1.29 is 8.83 Å². The van der Waals surface area contributed by atoms with Gasteiger partial charge < -0.3 is 8.83 Å². The Morgan fingerprint density at radius 2 is 0.942 bits per heavy atom. The van der Waals surface area contributed by atoms with Crippen LogP contribution in [0.15, 0.2) is 173 Å². The number of fused-ring (bicyclic) bond motifs is 9. The summed E-state index contributed by atoms with van der Waals surface area (Å²) in [5, 5.41) is 8.87. The Kier molecular flexibility index (Phi) is 6.18. The molecule has 3 heterocycles. The molecule has 0 radical (unpaired) electrons. The topological polar surface area (TPSA) is 65.0 Å². The monoisotopic (exact) mass is 665 g/mol. The third-order valence-corrected chi connectivity index (χ3v) is 10.1. The lowest BCUT2D eigenvalue weighted by molar-refractivity contribution is 0.668. The Morgan fingerprint density at radius 1 is 0.327 bits per heavy atom. The fraction of sp³-hybridized carbons (Fsp3) is 0. The molecule has 0 aliphatic carbocycles. The van der Waals surface area contributed by atoms with Crippen LogP contribution in [0.3, 0.4) is 0 Å². The molecule has 0 spiro atoms. The second kappa shape index (κ2) is 11.2. The summed E-state index contributed by atoms with van der Waals surface area (Å²) in [6, 6.07) is 56.3. The highest BCUT2D eigenvalue weighted by molar-refractivity contribution is 6.16. The fourth-order valence-corrected chi connectivity index (χ4v) is 7.64. The van der Waals surface area contributed by atoms with E-state index in [-0.39, 0.29) is 0 Å². The Morgan fingerprint density at radius 3 is 1.85 bits per heavy atom. The molecular weight excluding hydrogens is 639 g/mol. The Balaban J connectivity index is 1.12. The maximum atomic E-state index is 6.71. The molecule has 3 aromatic heterocycles. The van der Waals surface area contributed by atoms with Gasteiger partial charge in [0.05, 0.1) is 0 Å². The van der Waals surface area contributed by atoms with Gasteiger partial charge in [0.25, 0.3) is 0 Å². The number of rotatable bonds is 4. The smallest absolute Gasteiger partial charge is 0.164 e. The molecule has 0 aliphatic rings. The third kappa shape index (κ3) is 4.46. The zero-order valence-electron chi connectivity index (χ0n) is 27.7. The van der Waals surface area contributed by atoms with E-state index in [9.17, 15) is 0 Å². The van der Waals surface area contributed by atoms with Crippen molar-refractivity contribution in [3.63, 3.8) is 0 Å². The summed E-state index contributed by atoms with van der Waals surface area (Å²) in [4.78, 5) is 15.4. The first-order valence-electron chi connectivity index (χ1n) is 17.3. The van der Waals surface area contributed by atoms with Gasteiger partial charge in [0.1, 0.15) is 22.3 Å². The predicted octanol–water partition coefficient (Wildman–Crippen LogP) is 12.6. The maximum absolute atomic E-state index is 6.71. The zero-order chi connectivity index (χ0) is 34.2. The van der Waals surface area contributed by atoms with E-state index in [1.807, 2.05) is 66.7 Å². The van der Waals surface area contributed by atoms with Gasteiger partial charge in [0.2, 0.25) is 0 Å². The standard InChI is InChI=1S/C47H27N3O2/c1-2-11-30(12-3-1)45-48-46(32-23-22-29-21-20-28-10-4-5-13-33(28)38(29)27-32)50-47(49-45)37-17-9-19-42-43(37)36-16-8-15-34(44(36)52-42)31-24-25-41-39(26-31)35-14-6-7-18-40(35)51-41/h1-27H. The molecule has 0 aliphatic heterocycles. The molecule has 52 heavy (non-hydrogen) atoms. The molecule has 0 saturated heterocycles. The molecule has 0 amide bonds. The van der Waals surface area contributed by atoms with Gasteiger partial charge in [0.15, 0.2) is 17.5 Å². The molecule has 0 N–H and O–H groups in total. The van der Waals surface area contributed by atoms with Crippen LogP contribution in [0.5, 0.6) is 0 Å². The number of hydrogen-bond acceptors (Lipinski definition) is 5. The second-order valence-electron chi connectivity index (χ2n) is 13.2. The minimum absolute atomic E-state index is 0.590. The van der Waals surface area contributed by atoms with Crippen molar-refractivity contribution in [2.24, 2.45) is 0 Å². The predicted molar refractivity (Wildman–Crippen MR) is 211 cm³/mol. The summed E-state index contributed by atoms with van der Waals surface area (Å²) < 4.78 is 12.8. The molecule has 0 saturated carbocycles. The van der Waals surface area contributed by atoms with E-state index in [1.165, 1.54) is 16.2 Å². The lowest BCUT2D eigenvalue weighted by Gasteiger charge is -2.10. The van der Waals surface area contributed by atoms with Crippen molar-refractivity contribution in [2.75, 3.05) is 0 Å². The van der Waals surface area contributed by atoms with Gasteiger partial charge in [-0.1, -0.05) is 133 Å². The Hall–Kier alpha value is -7.11. The summed E-state index contributed by atoms with van der Waals surface area (Å²) in [5.74, 6) is 1.82. The molecule has 5 nitrogen and oxygen atoms in total. The molecule has 0 unspecified atom stereocenters. The van der Waals surface area contributed by atoms with Crippen LogP contribution in [0.1, 0.15) is 0 Å². The van der Waals surface area contributed by atoms with Crippen molar-refractivity contribution in [3.8, 4) is 45.3 Å². The van der Waals surface area contributed by atoms with Crippen molar-refractivity contribution in [2.45, 2.75) is 0 Å². The number of nitrogens with zero attached hydrogens (tertiary/aromatic N) is 3. The minimum Gasteiger partial charge on any atom is -0.456 e. The van der Waals surface area contributed by atoms with E-state index in [4.69, 9.17) is 23.8 Å². The highest BCUT2D eigenvalue weighted by Gasteiger charge is 2.20. The first kappa shape index (κ1) is 28.7. The van der Waals surface area contributed by atoms with Gasteiger partial charge >= 0.3 is 0 Å². The SMILES string of the molecule is c1ccc(-c2nc(-c3ccc4ccc5ccccc5c4c3)nc(-c3cccc4oc5c(-c6ccc7oc8ccccc8c7c6)cccc5c34)n2)cc1. The van der Waals surface area contributed by atoms with Gasteiger partial charge in [0, 0.05) is 43.8 Å². The van der Waals surface area contributed by atoms with Crippen LogP contribution < -0.4 is 0 Å². The summed E-state index contributed by atoms with van der Waals surface area (Å²) in [7, 11) is 0.